The molecule has 0 radical (unpaired) electrons. The highest BCUT2D eigenvalue weighted by atomic mass is 16.5. The number of aromatic nitrogens is 2. The number of piperidine rings is 1. The smallest absolute Gasteiger partial charge is 0.341 e. The Morgan fingerprint density at radius 2 is 2.10 bits per heavy atom. The van der Waals surface area contributed by atoms with Crippen molar-refractivity contribution in [1.82, 2.24) is 14.7 Å². The summed E-state index contributed by atoms with van der Waals surface area (Å²) in [6.45, 7) is 2.96. The van der Waals surface area contributed by atoms with Crippen LogP contribution in [-0.4, -0.2) is 45.4 Å². The Morgan fingerprint density at radius 3 is 2.71 bits per heavy atom. The fourth-order valence-electron chi connectivity index (χ4n) is 3.78. The van der Waals surface area contributed by atoms with Gasteiger partial charge in [0.15, 0.2) is 0 Å². The summed E-state index contributed by atoms with van der Waals surface area (Å²) >= 11 is 0. The van der Waals surface area contributed by atoms with Crippen molar-refractivity contribution in [2.45, 2.75) is 57.3 Å². The van der Waals surface area contributed by atoms with E-state index in [4.69, 9.17) is 10.5 Å². The Balaban J connectivity index is 1.79. The van der Waals surface area contributed by atoms with Gasteiger partial charge in [0.05, 0.1) is 18.5 Å². The number of hydrogen-bond acceptors (Lipinski definition) is 5. The number of nitrogens with two attached hydrogens (primary N) is 1. The fourth-order valence-corrected chi connectivity index (χ4v) is 3.78. The van der Waals surface area contributed by atoms with Gasteiger partial charge in [-0.15, -0.1) is 0 Å². The van der Waals surface area contributed by atoms with Crippen molar-refractivity contribution in [3.8, 4) is 0 Å². The molecular formula is C15H24N4O2. The number of rotatable bonds is 4. The number of esters is 1. The molecule has 2 N–H and O–H groups in total. The first-order chi connectivity index (χ1) is 10.1. The fraction of sp³-hybridized carbons (Fsp3) is 0.733. The third-order valence-corrected chi connectivity index (χ3v) is 4.81. The first-order valence-electron chi connectivity index (χ1n) is 7.79. The molecule has 2 aliphatic heterocycles. The monoisotopic (exact) mass is 292 g/mol. The van der Waals surface area contributed by atoms with Gasteiger partial charge >= 0.3 is 5.97 Å². The van der Waals surface area contributed by atoms with E-state index in [-0.39, 0.29) is 5.97 Å². The zero-order chi connectivity index (χ0) is 15.0. The van der Waals surface area contributed by atoms with Crippen LogP contribution >= 0.6 is 0 Å². The largest absolute Gasteiger partial charge is 0.462 e. The summed E-state index contributed by atoms with van der Waals surface area (Å²) in [4.78, 5) is 14.5. The molecule has 2 bridgehead atoms. The highest BCUT2D eigenvalue weighted by molar-refractivity contribution is 5.90. The molecule has 2 fully saturated rings. The molecular weight excluding hydrogens is 268 g/mol. The van der Waals surface area contributed by atoms with Crippen molar-refractivity contribution < 1.29 is 9.53 Å². The molecule has 3 rings (SSSR count). The van der Waals surface area contributed by atoms with E-state index in [0.29, 0.717) is 30.3 Å². The van der Waals surface area contributed by atoms with E-state index in [1.807, 2.05) is 14.0 Å². The van der Waals surface area contributed by atoms with Gasteiger partial charge in [0.2, 0.25) is 0 Å². The summed E-state index contributed by atoms with van der Waals surface area (Å²) in [6.07, 6.45) is 6.16. The molecule has 0 saturated carbocycles. The van der Waals surface area contributed by atoms with Gasteiger partial charge in [-0.2, -0.15) is 5.10 Å². The van der Waals surface area contributed by atoms with Crippen LogP contribution in [0.15, 0.2) is 6.20 Å². The van der Waals surface area contributed by atoms with Crippen LogP contribution in [0.25, 0.3) is 0 Å². The maximum atomic E-state index is 12.0. The lowest BCUT2D eigenvalue weighted by molar-refractivity contribution is 0.0520. The predicted octanol–water partition coefficient (Wildman–Crippen LogP) is 1.05. The predicted molar refractivity (Wildman–Crippen MR) is 78.7 cm³/mol. The van der Waals surface area contributed by atoms with Gasteiger partial charge in [-0.1, -0.05) is 0 Å². The second kappa shape index (κ2) is 5.77. The third kappa shape index (κ3) is 2.70. The van der Waals surface area contributed by atoms with Crippen LogP contribution in [0.1, 0.15) is 48.7 Å². The van der Waals surface area contributed by atoms with Crippen LogP contribution in [0.2, 0.25) is 0 Å². The molecule has 6 heteroatoms. The highest BCUT2D eigenvalue weighted by Gasteiger charge is 2.40. The lowest BCUT2D eigenvalue weighted by Crippen LogP contribution is -2.47. The second-order valence-electron chi connectivity index (χ2n) is 6.14. The molecule has 0 spiro atoms. The lowest BCUT2D eigenvalue weighted by Gasteiger charge is -2.37. The van der Waals surface area contributed by atoms with Crippen molar-refractivity contribution in [2.24, 2.45) is 12.8 Å². The number of carbonyl (C=O) groups excluding carboxylic acids is 1. The molecule has 116 valence electrons. The summed E-state index contributed by atoms with van der Waals surface area (Å²) in [5.41, 5.74) is 7.66. The molecule has 2 atom stereocenters. The number of fused-ring (bicyclic) bond motifs is 2. The molecule has 3 heterocycles. The van der Waals surface area contributed by atoms with Crippen molar-refractivity contribution >= 4 is 5.97 Å². The van der Waals surface area contributed by atoms with Gasteiger partial charge in [-0.3, -0.25) is 9.58 Å². The van der Waals surface area contributed by atoms with Gasteiger partial charge in [0.1, 0.15) is 5.56 Å². The molecule has 2 saturated heterocycles. The highest BCUT2D eigenvalue weighted by Crippen LogP contribution is 2.36. The van der Waals surface area contributed by atoms with E-state index < -0.39 is 0 Å². The molecule has 1 aromatic heterocycles. The maximum absolute atomic E-state index is 12.0. The Bertz CT molecular complexity index is 514. The standard InChI is InChI=1S/C15H24N4O2/c1-3-21-15(20)13-8-17-18(2)14(13)9-19-11-4-5-12(19)7-10(16)6-11/h8,10-12H,3-7,9,16H2,1-2H3. The molecule has 0 aromatic carbocycles. The third-order valence-electron chi connectivity index (χ3n) is 4.81. The SMILES string of the molecule is CCOC(=O)c1cnn(C)c1CN1C2CCC1CC(N)C2. The average Bonchev–Trinajstić information content (AvgIpc) is 2.90. The van der Waals surface area contributed by atoms with Gasteiger partial charge in [-0.05, 0) is 32.6 Å². The lowest BCUT2D eigenvalue weighted by atomic mass is 9.98. The van der Waals surface area contributed by atoms with Crippen LogP contribution < -0.4 is 5.73 Å². The Kier molecular flexibility index (Phi) is 3.99. The number of aryl methyl sites for hydroxylation is 1. The van der Waals surface area contributed by atoms with Crippen molar-refractivity contribution in [3.05, 3.63) is 17.5 Å². The normalized spacial score (nSPS) is 28.8. The Labute approximate surface area is 125 Å². The van der Waals surface area contributed by atoms with Crippen molar-refractivity contribution in [2.75, 3.05) is 6.61 Å². The molecule has 6 nitrogen and oxygen atoms in total. The summed E-state index contributed by atoms with van der Waals surface area (Å²) in [7, 11) is 1.88. The first-order valence-corrected chi connectivity index (χ1v) is 7.79. The average molecular weight is 292 g/mol. The number of hydrogen-bond donors (Lipinski definition) is 1. The molecule has 2 unspecified atom stereocenters. The Morgan fingerprint density at radius 1 is 1.43 bits per heavy atom. The van der Waals surface area contributed by atoms with E-state index >= 15 is 0 Å². The van der Waals surface area contributed by atoms with Crippen molar-refractivity contribution in [3.63, 3.8) is 0 Å². The molecule has 0 aliphatic carbocycles. The molecule has 2 aliphatic rings. The zero-order valence-corrected chi connectivity index (χ0v) is 12.8. The van der Waals surface area contributed by atoms with E-state index in [9.17, 15) is 4.79 Å². The zero-order valence-electron chi connectivity index (χ0n) is 12.8. The van der Waals surface area contributed by atoms with Crippen LogP contribution in [-0.2, 0) is 18.3 Å². The van der Waals surface area contributed by atoms with Gasteiger partial charge < -0.3 is 10.5 Å². The minimum atomic E-state index is -0.276. The quantitative estimate of drug-likeness (QED) is 0.840. The molecule has 21 heavy (non-hydrogen) atoms. The van der Waals surface area contributed by atoms with Gasteiger partial charge in [-0.25, -0.2) is 4.79 Å². The molecule has 1 aromatic rings. The van der Waals surface area contributed by atoms with E-state index in [0.717, 1.165) is 25.1 Å². The minimum Gasteiger partial charge on any atom is -0.462 e. The first kappa shape index (κ1) is 14.5. The van der Waals surface area contributed by atoms with Crippen LogP contribution in [0.5, 0.6) is 0 Å². The maximum Gasteiger partial charge on any atom is 0.341 e. The van der Waals surface area contributed by atoms with Crippen molar-refractivity contribution in [1.29, 1.82) is 0 Å². The second-order valence-corrected chi connectivity index (χ2v) is 6.14. The topological polar surface area (TPSA) is 73.4 Å². The summed E-state index contributed by atoms with van der Waals surface area (Å²) in [5, 5.41) is 4.24. The number of nitrogens with zero attached hydrogens (tertiary/aromatic N) is 3. The van der Waals surface area contributed by atoms with E-state index in [1.165, 1.54) is 12.8 Å². The van der Waals surface area contributed by atoms with Crippen LogP contribution in [0.4, 0.5) is 0 Å². The summed E-state index contributed by atoms with van der Waals surface area (Å²) in [5.74, 6) is -0.276. The summed E-state index contributed by atoms with van der Waals surface area (Å²) < 4.78 is 6.92. The van der Waals surface area contributed by atoms with Gasteiger partial charge in [0.25, 0.3) is 0 Å². The van der Waals surface area contributed by atoms with Crippen LogP contribution in [0.3, 0.4) is 0 Å². The van der Waals surface area contributed by atoms with Crippen LogP contribution in [0, 0.1) is 0 Å². The number of carbonyl (C=O) groups is 1. The van der Waals surface area contributed by atoms with Gasteiger partial charge in [0, 0.05) is 31.7 Å². The Hall–Kier alpha value is -1.40. The van der Waals surface area contributed by atoms with E-state index in [2.05, 4.69) is 10.00 Å². The summed E-state index contributed by atoms with van der Waals surface area (Å²) in [6, 6.07) is 1.42. The number of ether oxygens (including phenoxy) is 1. The minimum absolute atomic E-state index is 0.276. The molecule has 0 amide bonds. The van der Waals surface area contributed by atoms with E-state index in [1.54, 1.807) is 10.9 Å².